The van der Waals surface area contributed by atoms with Crippen LogP contribution in [0.1, 0.15) is 31.2 Å². The summed E-state index contributed by atoms with van der Waals surface area (Å²) in [6.45, 7) is 2.39. The summed E-state index contributed by atoms with van der Waals surface area (Å²) in [7, 11) is 0. The molecule has 3 rings (SSSR count). The highest BCUT2D eigenvalue weighted by Gasteiger charge is 2.35. The summed E-state index contributed by atoms with van der Waals surface area (Å²) in [5.74, 6) is 0. The van der Waals surface area contributed by atoms with Crippen LogP contribution in [0.2, 0.25) is 5.02 Å². The van der Waals surface area contributed by atoms with Crippen molar-refractivity contribution in [3.05, 3.63) is 28.8 Å². The van der Waals surface area contributed by atoms with Crippen LogP contribution in [0.5, 0.6) is 0 Å². The SMILES string of the molecule is NCCc1cccc(Cl)c1N1CCOC2CCCCC21. The van der Waals surface area contributed by atoms with Crippen LogP contribution in [-0.2, 0) is 11.2 Å². The molecule has 2 unspecified atom stereocenters. The first-order valence-electron chi connectivity index (χ1n) is 7.67. The zero-order valence-electron chi connectivity index (χ0n) is 11.9. The van der Waals surface area contributed by atoms with Gasteiger partial charge in [0.2, 0.25) is 0 Å². The number of ether oxygens (including phenoxy) is 1. The van der Waals surface area contributed by atoms with Gasteiger partial charge >= 0.3 is 0 Å². The first-order valence-corrected chi connectivity index (χ1v) is 8.05. The monoisotopic (exact) mass is 294 g/mol. The third-order valence-corrected chi connectivity index (χ3v) is 4.81. The summed E-state index contributed by atoms with van der Waals surface area (Å²) >= 11 is 6.51. The van der Waals surface area contributed by atoms with Gasteiger partial charge < -0.3 is 15.4 Å². The Kier molecular flexibility index (Phi) is 4.49. The molecule has 2 aliphatic rings. The van der Waals surface area contributed by atoms with Gasteiger partial charge in [0.15, 0.2) is 0 Å². The summed E-state index contributed by atoms with van der Waals surface area (Å²) < 4.78 is 5.96. The fourth-order valence-electron chi connectivity index (χ4n) is 3.61. The van der Waals surface area contributed by atoms with Crippen LogP contribution in [0, 0.1) is 0 Å². The van der Waals surface area contributed by atoms with E-state index in [0.717, 1.165) is 24.6 Å². The van der Waals surface area contributed by atoms with Crippen LogP contribution in [0.15, 0.2) is 18.2 Å². The van der Waals surface area contributed by atoms with Gasteiger partial charge in [0.05, 0.1) is 29.5 Å². The molecule has 3 nitrogen and oxygen atoms in total. The molecule has 0 bridgehead atoms. The maximum Gasteiger partial charge on any atom is 0.0779 e. The van der Waals surface area contributed by atoms with E-state index in [1.165, 1.54) is 36.9 Å². The van der Waals surface area contributed by atoms with Gasteiger partial charge in [-0.05, 0) is 37.4 Å². The van der Waals surface area contributed by atoms with Crippen LogP contribution in [0.3, 0.4) is 0 Å². The van der Waals surface area contributed by atoms with E-state index < -0.39 is 0 Å². The Hall–Kier alpha value is -0.770. The number of nitrogens with zero attached hydrogens (tertiary/aromatic N) is 1. The normalized spacial score (nSPS) is 26.4. The van der Waals surface area contributed by atoms with Gasteiger partial charge in [-0.3, -0.25) is 0 Å². The minimum Gasteiger partial charge on any atom is -0.374 e. The lowest BCUT2D eigenvalue weighted by atomic mass is 9.89. The number of halogens is 1. The lowest BCUT2D eigenvalue weighted by molar-refractivity contribution is -0.00872. The summed E-state index contributed by atoms with van der Waals surface area (Å²) in [4.78, 5) is 2.49. The number of benzene rings is 1. The largest absolute Gasteiger partial charge is 0.374 e. The number of nitrogens with two attached hydrogens (primary N) is 1. The molecule has 0 radical (unpaired) electrons. The zero-order chi connectivity index (χ0) is 13.9. The number of anilines is 1. The van der Waals surface area contributed by atoms with Crippen molar-refractivity contribution in [3.63, 3.8) is 0 Å². The highest BCUT2D eigenvalue weighted by Crippen LogP contribution is 2.37. The third-order valence-electron chi connectivity index (χ3n) is 4.50. The fraction of sp³-hybridized carbons (Fsp3) is 0.625. The van der Waals surface area contributed by atoms with Crippen molar-refractivity contribution in [1.29, 1.82) is 0 Å². The molecule has 0 amide bonds. The average molecular weight is 295 g/mol. The summed E-state index contributed by atoms with van der Waals surface area (Å²) in [6, 6.07) is 6.65. The van der Waals surface area contributed by atoms with Gasteiger partial charge in [-0.2, -0.15) is 0 Å². The molecule has 2 fully saturated rings. The van der Waals surface area contributed by atoms with Gasteiger partial charge in [0.25, 0.3) is 0 Å². The molecule has 2 N–H and O–H groups in total. The molecule has 1 aliphatic heterocycles. The van der Waals surface area contributed by atoms with Crippen LogP contribution >= 0.6 is 11.6 Å². The van der Waals surface area contributed by atoms with E-state index in [4.69, 9.17) is 22.1 Å². The maximum absolute atomic E-state index is 6.51. The lowest BCUT2D eigenvalue weighted by Crippen LogP contribution is -2.53. The van der Waals surface area contributed by atoms with Gasteiger partial charge in [-0.25, -0.2) is 0 Å². The van der Waals surface area contributed by atoms with E-state index in [1.54, 1.807) is 0 Å². The van der Waals surface area contributed by atoms with E-state index >= 15 is 0 Å². The van der Waals surface area contributed by atoms with E-state index in [1.807, 2.05) is 12.1 Å². The van der Waals surface area contributed by atoms with Crippen LogP contribution < -0.4 is 10.6 Å². The highest BCUT2D eigenvalue weighted by molar-refractivity contribution is 6.33. The molecule has 1 heterocycles. The number of para-hydroxylation sites is 1. The number of morpholine rings is 1. The molecular formula is C16H23ClN2O. The zero-order valence-corrected chi connectivity index (χ0v) is 12.6. The van der Waals surface area contributed by atoms with E-state index in [9.17, 15) is 0 Å². The van der Waals surface area contributed by atoms with Crippen LogP contribution in [0.4, 0.5) is 5.69 Å². The smallest absolute Gasteiger partial charge is 0.0779 e. The molecular weight excluding hydrogens is 272 g/mol. The minimum atomic E-state index is 0.375. The van der Waals surface area contributed by atoms with Crippen molar-refractivity contribution < 1.29 is 4.74 Å². The maximum atomic E-state index is 6.51. The van der Waals surface area contributed by atoms with E-state index in [0.29, 0.717) is 18.7 Å². The van der Waals surface area contributed by atoms with E-state index in [-0.39, 0.29) is 0 Å². The Balaban J connectivity index is 1.94. The third kappa shape index (κ3) is 2.67. The number of hydrogen-bond donors (Lipinski definition) is 1. The lowest BCUT2D eigenvalue weighted by Gasteiger charge is -2.46. The molecule has 1 saturated carbocycles. The van der Waals surface area contributed by atoms with Gasteiger partial charge in [-0.1, -0.05) is 36.6 Å². The predicted molar refractivity (Wildman–Crippen MR) is 83.6 cm³/mol. The summed E-state index contributed by atoms with van der Waals surface area (Å²) in [5, 5.41) is 0.849. The number of rotatable bonds is 3. The number of hydrogen-bond acceptors (Lipinski definition) is 3. The number of fused-ring (bicyclic) bond motifs is 1. The fourth-order valence-corrected chi connectivity index (χ4v) is 3.92. The first-order chi connectivity index (χ1) is 9.81. The molecule has 0 aromatic heterocycles. The molecule has 0 spiro atoms. The predicted octanol–water partition coefficient (Wildman–Crippen LogP) is 2.99. The molecule has 4 heteroatoms. The van der Waals surface area contributed by atoms with Crippen molar-refractivity contribution in [2.24, 2.45) is 5.73 Å². The first kappa shape index (κ1) is 14.2. The molecule has 1 aromatic carbocycles. The molecule has 2 atom stereocenters. The van der Waals surface area contributed by atoms with Gasteiger partial charge in [-0.15, -0.1) is 0 Å². The summed E-state index contributed by atoms with van der Waals surface area (Å²) in [6.07, 6.45) is 6.21. The molecule has 20 heavy (non-hydrogen) atoms. The van der Waals surface area contributed by atoms with Crippen LogP contribution in [-0.4, -0.2) is 31.8 Å². The Morgan fingerprint density at radius 3 is 3.00 bits per heavy atom. The molecule has 1 saturated heterocycles. The topological polar surface area (TPSA) is 38.5 Å². The quantitative estimate of drug-likeness (QED) is 0.931. The Labute approximate surface area is 126 Å². The van der Waals surface area contributed by atoms with Crippen molar-refractivity contribution in [2.75, 3.05) is 24.6 Å². The second-order valence-electron chi connectivity index (χ2n) is 5.74. The van der Waals surface area contributed by atoms with Crippen molar-refractivity contribution in [1.82, 2.24) is 0 Å². The molecule has 1 aromatic rings. The Morgan fingerprint density at radius 2 is 2.15 bits per heavy atom. The van der Waals surface area contributed by atoms with Crippen molar-refractivity contribution in [3.8, 4) is 0 Å². The van der Waals surface area contributed by atoms with Crippen LogP contribution in [0.25, 0.3) is 0 Å². The minimum absolute atomic E-state index is 0.375. The van der Waals surface area contributed by atoms with Gasteiger partial charge in [0, 0.05) is 6.54 Å². The second kappa shape index (κ2) is 6.33. The van der Waals surface area contributed by atoms with Crippen molar-refractivity contribution in [2.45, 2.75) is 44.2 Å². The average Bonchev–Trinajstić information content (AvgIpc) is 2.48. The molecule has 1 aliphatic carbocycles. The standard InChI is InChI=1S/C16H23ClN2O/c17-13-5-3-4-12(8-9-18)16(13)19-10-11-20-15-7-2-1-6-14(15)19/h3-5,14-15H,1-2,6-11,18H2. The second-order valence-corrected chi connectivity index (χ2v) is 6.15. The highest BCUT2D eigenvalue weighted by atomic mass is 35.5. The molecule has 110 valence electrons. The van der Waals surface area contributed by atoms with Crippen molar-refractivity contribution >= 4 is 17.3 Å². The summed E-state index contributed by atoms with van der Waals surface area (Å²) in [5.41, 5.74) is 8.22. The Morgan fingerprint density at radius 1 is 1.30 bits per heavy atom. The Bertz CT molecular complexity index is 464. The van der Waals surface area contributed by atoms with E-state index in [2.05, 4.69) is 11.0 Å². The van der Waals surface area contributed by atoms with Gasteiger partial charge in [0.1, 0.15) is 0 Å².